The Morgan fingerprint density at radius 2 is 2.00 bits per heavy atom. The molecule has 0 aliphatic carbocycles. The number of furan rings is 1. The highest BCUT2D eigenvalue weighted by atomic mass is 19.1. The highest BCUT2D eigenvalue weighted by Crippen LogP contribution is 2.11. The molecule has 5 nitrogen and oxygen atoms in total. The minimum Gasteiger partial charge on any atom is -0.448 e. The van der Waals surface area contributed by atoms with Crippen LogP contribution in [0.3, 0.4) is 0 Å². The predicted octanol–water partition coefficient (Wildman–Crippen LogP) is 1.41. The molecule has 0 radical (unpaired) electrons. The number of halogens is 1. The maximum atomic E-state index is 13.6. The van der Waals surface area contributed by atoms with Crippen molar-refractivity contribution < 1.29 is 8.81 Å². The van der Waals surface area contributed by atoms with E-state index < -0.39 is 17.1 Å². The topological polar surface area (TPSA) is 68.0 Å². The van der Waals surface area contributed by atoms with Gasteiger partial charge in [0.1, 0.15) is 5.82 Å². The van der Waals surface area contributed by atoms with Crippen LogP contribution in [0.2, 0.25) is 0 Å². The fourth-order valence-electron chi connectivity index (χ4n) is 1.82. The van der Waals surface area contributed by atoms with Crippen LogP contribution in [0.15, 0.2) is 50.6 Å². The van der Waals surface area contributed by atoms with Crippen LogP contribution < -0.4 is 11.2 Å². The summed E-state index contributed by atoms with van der Waals surface area (Å²) >= 11 is 0. The number of nitrogens with one attached hydrogen (secondary N) is 1. The van der Waals surface area contributed by atoms with E-state index in [-0.39, 0.29) is 16.8 Å². The average molecular weight is 246 g/mol. The standard InChI is InChI=1S/C12H7FN2O3/c13-7-3-1-4-8-10(7)11(16)15(12(17)14-8)9-5-2-6-18-9/h1-6H,(H,14,17). The maximum Gasteiger partial charge on any atom is 0.335 e. The Labute approximate surface area is 99.1 Å². The lowest BCUT2D eigenvalue weighted by Crippen LogP contribution is -2.33. The lowest BCUT2D eigenvalue weighted by Gasteiger charge is -2.03. The summed E-state index contributed by atoms with van der Waals surface area (Å²) in [6.45, 7) is 0. The van der Waals surface area contributed by atoms with Crippen molar-refractivity contribution in [1.82, 2.24) is 9.55 Å². The highest BCUT2D eigenvalue weighted by Gasteiger charge is 2.13. The van der Waals surface area contributed by atoms with Crippen LogP contribution >= 0.6 is 0 Å². The summed E-state index contributed by atoms with van der Waals surface area (Å²) in [4.78, 5) is 26.3. The van der Waals surface area contributed by atoms with E-state index >= 15 is 0 Å². The fraction of sp³-hybridized carbons (Fsp3) is 0. The van der Waals surface area contributed by atoms with Gasteiger partial charge in [0, 0.05) is 6.07 Å². The van der Waals surface area contributed by atoms with E-state index in [0.29, 0.717) is 0 Å². The largest absolute Gasteiger partial charge is 0.448 e. The number of rotatable bonds is 1. The van der Waals surface area contributed by atoms with Crippen LogP contribution in [0.1, 0.15) is 0 Å². The van der Waals surface area contributed by atoms with E-state index in [2.05, 4.69) is 4.98 Å². The van der Waals surface area contributed by atoms with Gasteiger partial charge in [-0.25, -0.2) is 9.18 Å². The Kier molecular flexibility index (Phi) is 2.16. The first-order chi connectivity index (χ1) is 8.68. The Morgan fingerprint density at radius 3 is 2.72 bits per heavy atom. The number of benzene rings is 1. The summed E-state index contributed by atoms with van der Waals surface area (Å²) in [5.41, 5.74) is -1.26. The second kappa shape index (κ2) is 3.69. The van der Waals surface area contributed by atoms with Crippen molar-refractivity contribution in [2.45, 2.75) is 0 Å². The maximum absolute atomic E-state index is 13.6. The number of aromatic nitrogens is 2. The molecule has 0 bridgehead atoms. The number of fused-ring (bicyclic) bond motifs is 1. The number of H-pyrrole nitrogens is 1. The van der Waals surface area contributed by atoms with E-state index in [1.54, 1.807) is 0 Å². The Hall–Kier alpha value is -2.63. The van der Waals surface area contributed by atoms with Crippen LogP contribution in [-0.2, 0) is 0 Å². The van der Waals surface area contributed by atoms with Gasteiger partial charge in [0.15, 0.2) is 0 Å². The molecule has 0 amide bonds. The molecular formula is C12H7FN2O3. The molecule has 18 heavy (non-hydrogen) atoms. The minimum atomic E-state index is -0.748. The molecule has 0 saturated heterocycles. The van der Waals surface area contributed by atoms with Crippen molar-refractivity contribution in [3.05, 3.63) is 63.3 Å². The third kappa shape index (κ3) is 1.39. The van der Waals surface area contributed by atoms with E-state index in [1.165, 1.54) is 30.5 Å². The van der Waals surface area contributed by atoms with Gasteiger partial charge in [-0.05, 0) is 18.2 Å². The highest BCUT2D eigenvalue weighted by molar-refractivity contribution is 5.78. The molecule has 0 aliphatic rings. The van der Waals surface area contributed by atoms with Crippen molar-refractivity contribution in [2.75, 3.05) is 0 Å². The van der Waals surface area contributed by atoms with Crippen LogP contribution in [0.5, 0.6) is 0 Å². The molecule has 3 rings (SSSR count). The second-order valence-corrected chi connectivity index (χ2v) is 3.68. The van der Waals surface area contributed by atoms with Crippen molar-refractivity contribution >= 4 is 10.9 Å². The molecule has 1 N–H and O–H groups in total. The van der Waals surface area contributed by atoms with Gasteiger partial charge >= 0.3 is 5.69 Å². The Bertz CT molecular complexity index is 831. The van der Waals surface area contributed by atoms with Crippen LogP contribution in [0.25, 0.3) is 16.8 Å². The number of aromatic amines is 1. The second-order valence-electron chi connectivity index (χ2n) is 3.68. The third-order valence-electron chi connectivity index (χ3n) is 2.60. The lowest BCUT2D eigenvalue weighted by atomic mass is 10.2. The summed E-state index contributed by atoms with van der Waals surface area (Å²) in [5.74, 6) is -0.638. The zero-order chi connectivity index (χ0) is 12.7. The summed E-state index contributed by atoms with van der Waals surface area (Å²) in [7, 11) is 0. The van der Waals surface area contributed by atoms with E-state index in [1.807, 2.05) is 0 Å². The summed E-state index contributed by atoms with van der Waals surface area (Å²) < 4.78 is 19.4. The molecule has 1 aromatic carbocycles. The van der Waals surface area contributed by atoms with Gasteiger partial charge < -0.3 is 9.40 Å². The molecule has 3 aromatic rings. The summed E-state index contributed by atoms with van der Waals surface area (Å²) in [6, 6.07) is 7.03. The van der Waals surface area contributed by atoms with Gasteiger partial charge in [-0.3, -0.25) is 4.79 Å². The molecular weight excluding hydrogens is 239 g/mol. The predicted molar refractivity (Wildman–Crippen MR) is 62.4 cm³/mol. The quantitative estimate of drug-likeness (QED) is 0.705. The first-order valence-electron chi connectivity index (χ1n) is 5.16. The van der Waals surface area contributed by atoms with Crippen molar-refractivity contribution in [2.24, 2.45) is 0 Å². The Balaban J connectivity index is 2.52. The van der Waals surface area contributed by atoms with Gasteiger partial charge in [-0.1, -0.05) is 6.07 Å². The molecule has 0 aliphatic heterocycles. The van der Waals surface area contributed by atoms with Crippen molar-refractivity contribution in [3.63, 3.8) is 0 Å². The number of hydrogen-bond donors (Lipinski definition) is 1. The van der Waals surface area contributed by atoms with Gasteiger partial charge in [0.25, 0.3) is 5.56 Å². The van der Waals surface area contributed by atoms with Gasteiger partial charge in [-0.15, -0.1) is 0 Å². The van der Waals surface area contributed by atoms with Gasteiger partial charge in [0.2, 0.25) is 5.88 Å². The average Bonchev–Trinajstić information content (AvgIpc) is 2.82. The van der Waals surface area contributed by atoms with E-state index in [4.69, 9.17) is 4.42 Å². The van der Waals surface area contributed by atoms with Gasteiger partial charge in [-0.2, -0.15) is 4.57 Å². The number of nitrogens with zero attached hydrogens (tertiary/aromatic N) is 1. The molecule has 2 aromatic heterocycles. The third-order valence-corrected chi connectivity index (χ3v) is 2.60. The lowest BCUT2D eigenvalue weighted by molar-refractivity contribution is 0.527. The molecule has 6 heteroatoms. The van der Waals surface area contributed by atoms with Crippen LogP contribution in [-0.4, -0.2) is 9.55 Å². The molecule has 0 unspecified atom stereocenters. The van der Waals surface area contributed by atoms with Crippen molar-refractivity contribution in [3.8, 4) is 5.88 Å². The first-order valence-corrected chi connectivity index (χ1v) is 5.16. The first kappa shape index (κ1) is 10.5. The molecule has 0 fully saturated rings. The number of hydrogen-bond acceptors (Lipinski definition) is 3. The van der Waals surface area contributed by atoms with Crippen LogP contribution in [0, 0.1) is 5.82 Å². The van der Waals surface area contributed by atoms with E-state index in [0.717, 1.165) is 10.6 Å². The monoisotopic (exact) mass is 246 g/mol. The smallest absolute Gasteiger partial charge is 0.335 e. The molecule has 0 spiro atoms. The Morgan fingerprint density at radius 1 is 1.17 bits per heavy atom. The van der Waals surface area contributed by atoms with Gasteiger partial charge in [0.05, 0.1) is 17.2 Å². The fourth-order valence-corrected chi connectivity index (χ4v) is 1.82. The zero-order valence-electron chi connectivity index (χ0n) is 9.01. The molecule has 2 heterocycles. The minimum absolute atomic E-state index is 0.0476. The molecule has 0 saturated carbocycles. The van der Waals surface area contributed by atoms with Crippen molar-refractivity contribution in [1.29, 1.82) is 0 Å². The SMILES string of the molecule is O=c1[nH]c2cccc(F)c2c(=O)n1-c1ccco1. The van der Waals surface area contributed by atoms with Crippen LogP contribution in [0.4, 0.5) is 4.39 Å². The summed E-state index contributed by atoms with van der Waals surface area (Å²) in [6.07, 6.45) is 1.33. The normalized spacial score (nSPS) is 10.9. The molecule has 0 atom stereocenters. The summed E-state index contributed by atoms with van der Waals surface area (Å²) in [5, 5.41) is -0.173. The molecule has 90 valence electrons. The zero-order valence-corrected chi connectivity index (χ0v) is 9.01. The van der Waals surface area contributed by atoms with E-state index in [9.17, 15) is 14.0 Å².